The summed E-state index contributed by atoms with van der Waals surface area (Å²) in [6.07, 6.45) is 3.14. The summed E-state index contributed by atoms with van der Waals surface area (Å²) < 4.78 is 13.1. The second-order valence-electron chi connectivity index (χ2n) is 10.6. The molecule has 0 spiro atoms. The molecule has 2 aromatic carbocycles. The molecule has 0 aliphatic heterocycles. The molecule has 0 amide bonds. The third-order valence-corrected chi connectivity index (χ3v) is 14.7. The molecule has 0 radical (unpaired) electrons. The molecular weight excluding hydrogens is 462 g/mol. The number of aliphatic hydroxyl groups is 1. The van der Waals surface area contributed by atoms with Gasteiger partial charge < -0.3 is 14.3 Å². The third kappa shape index (κ3) is 3.92. The molecule has 6 heteroatoms. The molecule has 1 aliphatic carbocycles. The number of aromatic nitrogens is 1. The zero-order valence-electron chi connectivity index (χ0n) is 21.0. The van der Waals surface area contributed by atoms with Crippen LogP contribution in [0, 0.1) is 0 Å². The standard InChI is InChI=1S/C28H36ClNO3Si/c1-19(2)34(20(3)4,21(5)6)26-30-18-25(32-26)28(31,22-12-14-23(29)15-13-22)27(16-17-27)33-24-10-8-7-9-11-24/h7-15,18-21,31H,16-17H2,1-6H3. The summed E-state index contributed by atoms with van der Waals surface area (Å²) in [5.41, 5.74) is 0.499. The summed E-state index contributed by atoms with van der Waals surface area (Å²) in [5.74, 6) is 1.17. The molecule has 1 unspecified atom stereocenters. The highest BCUT2D eigenvalue weighted by Gasteiger charge is 2.65. The predicted molar refractivity (Wildman–Crippen MR) is 141 cm³/mol. The lowest BCUT2D eigenvalue weighted by Gasteiger charge is -2.40. The molecule has 1 saturated carbocycles. The Bertz CT molecular complexity index is 1080. The Hall–Kier alpha value is -2.08. The highest BCUT2D eigenvalue weighted by Crippen LogP contribution is 2.56. The molecule has 1 aromatic heterocycles. The van der Waals surface area contributed by atoms with Crippen LogP contribution in [0.15, 0.2) is 65.2 Å². The summed E-state index contributed by atoms with van der Waals surface area (Å²) in [7, 11) is -2.14. The highest BCUT2D eigenvalue weighted by atomic mass is 35.5. The number of para-hydroxylation sites is 1. The van der Waals surface area contributed by atoms with Crippen molar-refractivity contribution in [3.8, 4) is 5.75 Å². The van der Waals surface area contributed by atoms with Gasteiger partial charge in [0.15, 0.2) is 24.9 Å². The van der Waals surface area contributed by atoms with Gasteiger partial charge in [-0.2, -0.15) is 0 Å². The van der Waals surface area contributed by atoms with Crippen molar-refractivity contribution >= 4 is 25.2 Å². The first-order chi connectivity index (χ1) is 16.1. The quantitative estimate of drug-likeness (QED) is 0.321. The number of hydrogen-bond acceptors (Lipinski definition) is 4. The van der Waals surface area contributed by atoms with Gasteiger partial charge in [0.05, 0.1) is 6.20 Å². The van der Waals surface area contributed by atoms with E-state index >= 15 is 0 Å². The van der Waals surface area contributed by atoms with Crippen LogP contribution in [-0.4, -0.2) is 23.8 Å². The van der Waals surface area contributed by atoms with Crippen LogP contribution < -0.4 is 10.3 Å². The number of ether oxygens (including phenoxy) is 1. The van der Waals surface area contributed by atoms with E-state index in [0.717, 1.165) is 11.3 Å². The zero-order chi connectivity index (χ0) is 24.7. The van der Waals surface area contributed by atoms with E-state index in [0.29, 0.717) is 45.8 Å². The SMILES string of the molecule is CC(C)[Si](c1ncc(C(O)(c2ccc(Cl)cc2)C2(Oc3ccccc3)CC2)o1)(C(C)C)C(C)C. The van der Waals surface area contributed by atoms with E-state index in [4.69, 9.17) is 25.7 Å². The molecular formula is C28H36ClNO3Si. The number of hydrogen-bond donors (Lipinski definition) is 1. The lowest BCUT2D eigenvalue weighted by atomic mass is 9.84. The lowest BCUT2D eigenvalue weighted by molar-refractivity contribution is -0.0662. The fourth-order valence-electron chi connectivity index (χ4n) is 6.07. The Kier molecular flexibility index (Phi) is 6.75. The first-order valence-corrected chi connectivity index (χ1v) is 14.9. The molecule has 1 heterocycles. The minimum atomic E-state index is -2.14. The summed E-state index contributed by atoms with van der Waals surface area (Å²) in [6.45, 7) is 13.7. The smallest absolute Gasteiger partial charge is 0.189 e. The Labute approximate surface area is 209 Å². The van der Waals surface area contributed by atoms with Crippen LogP contribution in [0.4, 0.5) is 0 Å². The summed E-state index contributed by atoms with van der Waals surface area (Å²) in [5, 5.41) is 13.1. The Morgan fingerprint density at radius 1 is 0.941 bits per heavy atom. The molecule has 3 aromatic rings. The fraction of sp³-hybridized carbons (Fsp3) is 0.464. The van der Waals surface area contributed by atoms with Gasteiger partial charge in [0.2, 0.25) is 0 Å². The molecule has 1 atom stereocenters. The van der Waals surface area contributed by atoms with E-state index in [-0.39, 0.29) is 0 Å². The van der Waals surface area contributed by atoms with Crippen molar-refractivity contribution in [2.45, 2.75) is 82.2 Å². The number of oxazole rings is 1. The van der Waals surface area contributed by atoms with Gasteiger partial charge in [0, 0.05) is 5.02 Å². The van der Waals surface area contributed by atoms with Crippen molar-refractivity contribution < 1.29 is 14.3 Å². The Morgan fingerprint density at radius 3 is 2.00 bits per heavy atom. The predicted octanol–water partition coefficient (Wildman–Crippen LogP) is 7.06. The van der Waals surface area contributed by atoms with Crippen LogP contribution >= 0.6 is 11.6 Å². The lowest BCUT2D eigenvalue weighted by Crippen LogP contribution is -2.56. The second-order valence-corrected chi connectivity index (χ2v) is 16.7. The molecule has 182 valence electrons. The van der Waals surface area contributed by atoms with E-state index in [9.17, 15) is 5.11 Å². The van der Waals surface area contributed by atoms with Crippen LogP contribution in [-0.2, 0) is 5.60 Å². The molecule has 4 rings (SSSR count). The molecule has 1 N–H and O–H groups in total. The van der Waals surface area contributed by atoms with Gasteiger partial charge in [-0.25, -0.2) is 4.98 Å². The average molecular weight is 498 g/mol. The first kappa shape index (κ1) is 25.0. The third-order valence-electron chi connectivity index (χ3n) is 7.78. The summed E-state index contributed by atoms with van der Waals surface area (Å²) in [6, 6.07) is 17.0. The maximum atomic E-state index is 12.5. The summed E-state index contributed by atoms with van der Waals surface area (Å²) in [4.78, 5) is 4.86. The van der Waals surface area contributed by atoms with Gasteiger partial charge in [-0.15, -0.1) is 0 Å². The van der Waals surface area contributed by atoms with Gasteiger partial charge in [0.1, 0.15) is 11.4 Å². The van der Waals surface area contributed by atoms with Crippen molar-refractivity contribution in [1.82, 2.24) is 4.98 Å². The van der Waals surface area contributed by atoms with Gasteiger partial charge in [-0.05, 0) is 59.3 Å². The van der Waals surface area contributed by atoms with Crippen LogP contribution in [0.1, 0.15) is 65.7 Å². The average Bonchev–Trinajstić information content (AvgIpc) is 3.41. The van der Waals surface area contributed by atoms with Crippen molar-refractivity contribution in [3.63, 3.8) is 0 Å². The van der Waals surface area contributed by atoms with Crippen LogP contribution in [0.3, 0.4) is 0 Å². The monoisotopic (exact) mass is 497 g/mol. The topological polar surface area (TPSA) is 55.5 Å². The molecule has 0 bridgehead atoms. The van der Waals surface area contributed by atoms with E-state index in [1.54, 1.807) is 18.3 Å². The minimum Gasteiger partial charge on any atom is -0.483 e. The maximum absolute atomic E-state index is 12.5. The molecule has 1 fully saturated rings. The van der Waals surface area contributed by atoms with Crippen LogP contribution in [0.5, 0.6) is 5.75 Å². The largest absolute Gasteiger partial charge is 0.483 e. The van der Waals surface area contributed by atoms with Crippen LogP contribution in [0.25, 0.3) is 0 Å². The van der Waals surface area contributed by atoms with Gasteiger partial charge >= 0.3 is 0 Å². The van der Waals surface area contributed by atoms with Crippen molar-refractivity contribution in [2.24, 2.45) is 0 Å². The Balaban J connectivity index is 1.87. The zero-order valence-corrected chi connectivity index (χ0v) is 22.8. The maximum Gasteiger partial charge on any atom is 0.189 e. The molecule has 0 saturated heterocycles. The van der Waals surface area contributed by atoms with Crippen molar-refractivity contribution in [1.29, 1.82) is 0 Å². The normalized spacial score (nSPS) is 17.3. The van der Waals surface area contributed by atoms with Gasteiger partial charge in [-0.1, -0.05) is 83.5 Å². The van der Waals surface area contributed by atoms with Gasteiger partial charge in [0.25, 0.3) is 0 Å². The van der Waals surface area contributed by atoms with E-state index in [2.05, 4.69) is 41.5 Å². The number of rotatable bonds is 9. The number of halogens is 1. The van der Waals surface area contributed by atoms with Crippen molar-refractivity contribution in [3.05, 3.63) is 77.1 Å². The summed E-state index contributed by atoms with van der Waals surface area (Å²) >= 11 is 6.19. The first-order valence-electron chi connectivity index (χ1n) is 12.3. The van der Waals surface area contributed by atoms with E-state index in [1.807, 2.05) is 42.5 Å². The van der Waals surface area contributed by atoms with Crippen molar-refractivity contribution in [2.75, 3.05) is 0 Å². The van der Waals surface area contributed by atoms with Crippen LogP contribution in [0.2, 0.25) is 21.6 Å². The molecule has 4 nitrogen and oxygen atoms in total. The fourth-order valence-corrected chi connectivity index (χ4v) is 12.3. The minimum absolute atomic E-state index is 0.442. The molecule has 1 aliphatic rings. The Morgan fingerprint density at radius 2 is 1.50 bits per heavy atom. The second kappa shape index (κ2) is 9.18. The number of benzene rings is 2. The van der Waals surface area contributed by atoms with E-state index < -0.39 is 19.3 Å². The highest BCUT2D eigenvalue weighted by molar-refractivity contribution is 6.93. The van der Waals surface area contributed by atoms with Gasteiger partial charge in [-0.3, -0.25) is 0 Å². The molecule has 34 heavy (non-hydrogen) atoms. The number of nitrogens with zero attached hydrogens (tertiary/aromatic N) is 1. The van der Waals surface area contributed by atoms with E-state index in [1.165, 1.54) is 0 Å².